The van der Waals surface area contributed by atoms with Gasteiger partial charge in [0.05, 0.1) is 16.7 Å². The first-order valence-corrected chi connectivity index (χ1v) is 7.70. The van der Waals surface area contributed by atoms with Gasteiger partial charge in [-0.2, -0.15) is 26.3 Å². The first-order valence-electron chi connectivity index (χ1n) is 6.72. The normalized spacial score (nSPS) is 12.2. The van der Waals surface area contributed by atoms with Crippen LogP contribution in [-0.4, -0.2) is 11.1 Å². The Morgan fingerprint density at radius 1 is 0.960 bits per heavy atom. The molecule has 134 valence electrons. The molecular weight excluding hydrogens is 370 g/mol. The third kappa shape index (κ3) is 4.91. The number of carbonyl (C=O) groups is 1. The molecule has 0 aliphatic carbocycles. The Kier molecular flexibility index (Phi) is 5.36. The van der Waals surface area contributed by atoms with E-state index in [1.807, 2.05) is 0 Å². The van der Waals surface area contributed by atoms with Gasteiger partial charge in [0.25, 0.3) is 0 Å². The Morgan fingerprint density at radius 2 is 1.64 bits per heavy atom. The quantitative estimate of drug-likeness (QED) is 0.545. The molecule has 0 aliphatic rings. The van der Waals surface area contributed by atoms with E-state index in [9.17, 15) is 31.1 Å². The highest BCUT2D eigenvalue weighted by atomic mass is 32.2. The van der Waals surface area contributed by atoms with Gasteiger partial charge in [-0.1, -0.05) is 18.2 Å². The van der Waals surface area contributed by atoms with Gasteiger partial charge in [0.15, 0.2) is 0 Å². The second kappa shape index (κ2) is 6.99. The van der Waals surface area contributed by atoms with Crippen LogP contribution in [0.2, 0.25) is 0 Å². The summed E-state index contributed by atoms with van der Waals surface area (Å²) >= 11 is 0.686. The summed E-state index contributed by atoms with van der Waals surface area (Å²) in [5.74, 6) is -1.63. The summed E-state index contributed by atoms with van der Waals surface area (Å²) in [7, 11) is 0. The zero-order valence-corrected chi connectivity index (χ0v) is 13.1. The number of aromatic carboxylic acids is 1. The molecule has 0 heterocycles. The van der Waals surface area contributed by atoms with Crippen LogP contribution in [0.25, 0.3) is 0 Å². The molecule has 2 rings (SSSR count). The molecule has 9 heteroatoms. The van der Waals surface area contributed by atoms with Crippen LogP contribution in [0.15, 0.2) is 47.4 Å². The van der Waals surface area contributed by atoms with Crippen LogP contribution in [0.3, 0.4) is 0 Å². The van der Waals surface area contributed by atoms with Crippen molar-refractivity contribution in [3.05, 3.63) is 64.7 Å². The van der Waals surface area contributed by atoms with E-state index in [2.05, 4.69) is 0 Å². The average Bonchev–Trinajstić information content (AvgIpc) is 2.51. The predicted molar refractivity (Wildman–Crippen MR) is 79.4 cm³/mol. The number of carboxylic acid groups (broad SMARTS) is 1. The lowest BCUT2D eigenvalue weighted by atomic mass is 10.1. The molecule has 0 fully saturated rings. The van der Waals surface area contributed by atoms with Crippen LogP contribution >= 0.6 is 11.8 Å². The summed E-state index contributed by atoms with van der Waals surface area (Å²) in [6, 6.07) is 6.83. The van der Waals surface area contributed by atoms with E-state index in [-0.39, 0.29) is 16.2 Å². The largest absolute Gasteiger partial charge is 0.478 e. The first kappa shape index (κ1) is 19.2. The van der Waals surface area contributed by atoms with Crippen molar-refractivity contribution in [1.82, 2.24) is 0 Å². The summed E-state index contributed by atoms with van der Waals surface area (Å²) in [6.07, 6.45) is -9.32. The minimum Gasteiger partial charge on any atom is -0.478 e. The third-order valence-corrected chi connectivity index (χ3v) is 4.33. The second-order valence-electron chi connectivity index (χ2n) is 5.00. The SMILES string of the molecule is O=C(O)c1ccc(SCc2cccc(C(F)(F)F)c2)c(C(F)(F)F)c1. The van der Waals surface area contributed by atoms with E-state index in [1.54, 1.807) is 0 Å². The van der Waals surface area contributed by atoms with Crippen molar-refractivity contribution in [2.24, 2.45) is 0 Å². The fraction of sp³-hybridized carbons (Fsp3) is 0.188. The van der Waals surface area contributed by atoms with E-state index in [4.69, 9.17) is 5.11 Å². The van der Waals surface area contributed by atoms with E-state index >= 15 is 0 Å². The maximum absolute atomic E-state index is 13.1. The molecule has 0 radical (unpaired) electrons. The van der Waals surface area contributed by atoms with Gasteiger partial charge in [0.1, 0.15) is 0 Å². The Bertz CT molecular complexity index is 783. The zero-order valence-electron chi connectivity index (χ0n) is 12.3. The maximum Gasteiger partial charge on any atom is 0.417 e. The van der Waals surface area contributed by atoms with Gasteiger partial charge in [0, 0.05) is 10.6 Å². The summed E-state index contributed by atoms with van der Waals surface area (Å²) in [6.45, 7) is 0. The molecule has 0 aromatic heterocycles. The van der Waals surface area contributed by atoms with E-state index < -0.39 is 35.0 Å². The molecule has 2 aromatic carbocycles. The summed E-state index contributed by atoms with van der Waals surface area (Å²) in [5.41, 5.74) is -2.33. The molecule has 25 heavy (non-hydrogen) atoms. The topological polar surface area (TPSA) is 37.3 Å². The number of alkyl halides is 6. The molecule has 1 N–H and O–H groups in total. The number of hydrogen-bond acceptors (Lipinski definition) is 2. The van der Waals surface area contributed by atoms with Gasteiger partial charge in [-0.25, -0.2) is 4.79 Å². The molecule has 0 saturated carbocycles. The number of benzene rings is 2. The number of carboxylic acids is 1. The number of thioether (sulfide) groups is 1. The van der Waals surface area contributed by atoms with Crippen molar-refractivity contribution in [3.63, 3.8) is 0 Å². The molecule has 0 atom stereocenters. The van der Waals surface area contributed by atoms with E-state index in [0.29, 0.717) is 17.8 Å². The van der Waals surface area contributed by atoms with E-state index in [0.717, 1.165) is 24.3 Å². The monoisotopic (exact) mass is 380 g/mol. The number of halogens is 6. The third-order valence-electron chi connectivity index (χ3n) is 3.18. The highest BCUT2D eigenvalue weighted by molar-refractivity contribution is 7.98. The zero-order chi connectivity index (χ0) is 18.8. The van der Waals surface area contributed by atoms with Gasteiger partial charge in [-0.05, 0) is 29.8 Å². The summed E-state index contributed by atoms with van der Waals surface area (Å²) in [5, 5.41) is 8.80. The smallest absolute Gasteiger partial charge is 0.417 e. The predicted octanol–water partition coefficient (Wildman–Crippen LogP) is 5.71. The molecule has 0 amide bonds. The van der Waals surface area contributed by atoms with Crippen molar-refractivity contribution in [3.8, 4) is 0 Å². The molecular formula is C16H10F6O2S. The lowest BCUT2D eigenvalue weighted by Crippen LogP contribution is -2.09. The van der Waals surface area contributed by atoms with Crippen LogP contribution in [0.1, 0.15) is 27.0 Å². The van der Waals surface area contributed by atoms with Gasteiger partial charge < -0.3 is 5.11 Å². The van der Waals surface area contributed by atoms with Crippen molar-refractivity contribution in [2.45, 2.75) is 23.0 Å². The van der Waals surface area contributed by atoms with Crippen LogP contribution in [-0.2, 0) is 18.1 Å². The Hall–Kier alpha value is -2.16. The second-order valence-corrected chi connectivity index (χ2v) is 6.02. The minimum atomic E-state index is -4.78. The molecule has 0 aliphatic heterocycles. The van der Waals surface area contributed by atoms with Crippen LogP contribution in [0, 0.1) is 0 Å². The number of hydrogen-bond donors (Lipinski definition) is 1. The Labute approximate surface area is 142 Å². The van der Waals surface area contributed by atoms with Crippen molar-refractivity contribution in [1.29, 1.82) is 0 Å². The van der Waals surface area contributed by atoms with Crippen molar-refractivity contribution >= 4 is 17.7 Å². The average molecular weight is 380 g/mol. The molecule has 0 bridgehead atoms. The van der Waals surface area contributed by atoms with Crippen LogP contribution in [0.4, 0.5) is 26.3 Å². The summed E-state index contributed by atoms with van der Waals surface area (Å²) in [4.78, 5) is 10.6. The molecule has 2 aromatic rings. The van der Waals surface area contributed by atoms with Gasteiger partial charge in [-0.3, -0.25) is 0 Å². The highest BCUT2D eigenvalue weighted by Gasteiger charge is 2.34. The lowest BCUT2D eigenvalue weighted by Gasteiger charge is -2.14. The van der Waals surface area contributed by atoms with Crippen molar-refractivity contribution < 1.29 is 36.2 Å². The summed E-state index contributed by atoms with van der Waals surface area (Å²) < 4.78 is 77.2. The molecule has 0 unspecified atom stereocenters. The number of rotatable bonds is 4. The van der Waals surface area contributed by atoms with Gasteiger partial charge >= 0.3 is 18.3 Å². The lowest BCUT2D eigenvalue weighted by molar-refractivity contribution is -0.140. The van der Waals surface area contributed by atoms with Gasteiger partial charge in [0.2, 0.25) is 0 Å². The fourth-order valence-corrected chi connectivity index (χ4v) is 3.01. The fourth-order valence-electron chi connectivity index (χ4n) is 2.01. The van der Waals surface area contributed by atoms with Gasteiger partial charge in [-0.15, -0.1) is 11.8 Å². The Morgan fingerprint density at radius 3 is 2.20 bits per heavy atom. The molecule has 0 spiro atoms. The molecule has 0 saturated heterocycles. The first-order chi connectivity index (χ1) is 11.5. The maximum atomic E-state index is 13.1. The minimum absolute atomic E-state index is 0.126. The van der Waals surface area contributed by atoms with Crippen LogP contribution in [0.5, 0.6) is 0 Å². The highest BCUT2D eigenvalue weighted by Crippen LogP contribution is 2.39. The van der Waals surface area contributed by atoms with Crippen molar-refractivity contribution in [2.75, 3.05) is 0 Å². The van der Waals surface area contributed by atoms with E-state index in [1.165, 1.54) is 12.1 Å². The Balaban J connectivity index is 2.28. The van der Waals surface area contributed by atoms with Crippen LogP contribution < -0.4 is 0 Å². The standard InChI is InChI=1S/C16H10F6O2S/c17-15(18,19)11-3-1-2-9(6-11)8-25-13-5-4-10(14(23)24)7-12(13)16(20,21)22/h1-7H,8H2,(H,23,24). The molecule has 2 nitrogen and oxygen atoms in total.